The zero-order valence-corrected chi connectivity index (χ0v) is 15.2. The third kappa shape index (κ3) is 3.18. The van der Waals surface area contributed by atoms with Gasteiger partial charge in [-0.2, -0.15) is 10.2 Å². The summed E-state index contributed by atoms with van der Waals surface area (Å²) in [5.74, 6) is -0.0462. The van der Waals surface area contributed by atoms with Crippen LogP contribution in [0.2, 0.25) is 0 Å². The third-order valence-corrected chi connectivity index (χ3v) is 5.67. The van der Waals surface area contributed by atoms with Crippen LogP contribution in [0.1, 0.15) is 49.1 Å². The van der Waals surface area contributed by atoms with E-state index in [2.05, 4.69) is 10.2 Å². The average Bonchev–Trinajstić information content (AvgIpc) is 3.35. The molecule has 0 bridgehead atoms. The topological polar surface area (TPSA) is 73.0 Å². The second-order valence-corrected chi connectivity index (χ2v) is 7.33. The molecule has 0 saturated heterocycles. The first-order valence-electron chi connectivity index (χ1n) is 9.48. The highest BCUT2D eigenvalue weighted by molar-refractivity contribution is 5.76. The van der Waals surface area contributed by atoms with Gasteiger partial charge in [-0.3, -0.25) is 14.3 Å². The van der Waals surface area contributed by atoms with Crippen molar-refractivity contribution >= 4 is 5.91 Å². The van der Waals surface area contributed by atoms with Crippen molar-refractivity contribution in [3.05, 3.63) is 45.6 Å². The summed E-state index contributed by atoms with van der Waals surface area (Å²) in [6, 6.07) is 3.27. The molecule has 0 atom stereocenters. The minimum absolute atomic E-state index is 0.00873. The van der Waals surface area contributed by atoms with E-state index in [0.29, 0.717) is 6.54 Å². The number of hydrogen-bond donors (Lipinski definition) is 0. The summed E-state index contributed by atoms with van der Waals surface area (Å²) in [6.45, 7) is 0.527. The highest BCUT2D eigenvalue weighted by Crippen LogP contribution is 2.29. The molecule has 0 N–H and O–H groups in total. The van der Waals surface area contributed by atoms with E-state index in [-0.39, 0.29) is 24.1 Å². The lowest BCUT2D eigenvalue weighted by Crippen LogP contribution is -2.42. The Morgan fingerprint density at radius 1 is 1.27 bits per heavy atom. The predicted octanol–water partition coefficient (Wildman–Crippen LogP) is 1.44. The van der Waals surface area contributed by atoms with Crippen LogP contribution in [0.15, 0.2) is 23.1 Å². The molecule has 2 heterocycles. The lowest BCUT2D eigenvalue weighted by atomic mass is 10.1. The zero-order valence-electron chi connectivity index (χ0n) is 15.2. The van der Waals surface area contributed by atoms with Crippen LogP contribution in [0.3, 0.4) is 0 Å². The van der Waals surface area contributed by atoms with Gasteiger partial charge in [-0.05, 0) is 43.7 Å². The molecule has 1 amide bonds. The first-order chi connectivity index (χ1) is 12.6. The van der Waals surface area contributed by atoms with Gasteiger partial charge in [0.2, 0.25) is 5.91 Å². The fourth-order valence-corrected chi connectivity index (χ4v) is 4.35. The minimum Gasteiger partial charge on any atom is -0.332 e. The molecule has 7 heteroatoms. The second-order valence-electron chi connectivity index (χ2n) is 7.33. The van der Waals surface area contributed by atoms with Crippen molar-refractivity contribution in [1.29, 1.82) is 0 Å². The van der Waals surface area contributed by atoms with Gasteiger partial charge in [0.05, 0.1) is 12.2 Å². The van der Waals surface area contributed by atoms with E-state index >= 15 is 0 Å². The van der Waals surface area contributed by atoms with Gasteiger partial charge < -0.3 is 4.90 Å². The summed E-state index contributed by atoms with van der Waals surface area (Å²) in [5, 5.41) is 8.72. The number of aryl methyl sites for hydroxylation is 1. The smallest absolute Gasteiger partial charge is 0.267 e. The Labute approximate surface area is 152 Å². The highest BCUT2D eigenvalue weighted by Gasteiger charge is 2.30. The fraction of sp³-hybridized carbons (Fsp3) is 0.579. The van der Waals surface area contributed by atoms with Crippen molar-refractivity contribution in [2.45, 2.75) is 64.1 Å². The van der Waals surface area contributed by atoms with E-state index in [1.807, 2.05) is 16.6 Å². The van der Waals surface area contributed by atoms with Crippen molar-refractivity contribution in [1.82, 2.24) is 24.5 Å². The monoisotopic (exact) mass is 355 g/mol. The maximum absolute atomic E-state index is 13.1. The van der Waals surface area contributed by atoms with Crippen molar-refractivity contribution in [3.8, 4) is 0 Å². The minimum atomic E-state index is -0.244. The molecule has 2 aromatic rings. The molecule has 4 rings (SSSR count). The van der Waals surface area contributed by atoms with Crippen LogP contribution in [-0.4, -0.2) is 36.4 Å². The van der Waals surface area contributed by atoms with Gasteiger partial charge in [-0.25, -0.2) is 4.68 Å². The Kier molecular flexibility index (Phi) is 4.61. The SMILES string of the molecule is Cn1nc(CN(C(=O)Cn2ncccc2=O)C2CCCC2)c2c1CCC2. The number of aromatic nitrogens is 4. The number of carbonyl (C=O) groups is 1. The third-order valence-electron chi connectivity index (χ3n) is 5.67. The number of hydrogen-bond acceptors (Lipinski definition) is 4. The maximum atomic E-state index is 13.1. The zero-order chi connectivity index (χ0) is 18.1. The largest absolute Gasteiger partial charge is 0.332 e. The van der Waals surface area contributed by atoms with Gasteiger partial charge in [0.15, 0.2) is 0 Å². The molecule has 0 unspecified atom stereocenters. The van der Waals surface area contributed by atoms with Crippen molar-refractivity contribution < 1.29 is 4.79 Å². The molecule has 2 aliphatic rings. The summed E-state index contributed by atoms with van der Waals surface area (Å²) in [4.78, 5) is 26.9. The van der Waals surface area contributed by atoms with Crippen molar-refractivity contribution in [2.75, 3.05) is 0 Å². The lowest BCUT2D eigenvalue weighted by Gasteiger charge is -2.28. The first-order valence-corrected chi connectivity index (χ1v) is 9.48. The summed E-state index contributed by atoms with van der Waals surface area (Å²) < 4.78 is 3.21. The van der Waals surface area contributed by atoms with Gasteiger partial charge in [-0.1, -0.05) is 12.8 Å². The fourth-order valence-electron chi connectivity index (χ4n) is 4.35. The van der Waals surface area contributed by atoms with Crippen LogP contribution in [0, 0.1) is 0 Å². The molecule has 2 aliphatic carbocycles. The van der Waals surface area contributed by atoms with Crippen LogP contribution in [0.5, 0.6) is 0 Å². The summed E-state index contributed by atoms with van der Waals surface area (Å²) in [6.07, 6.45) is 9.17. The van der Waals surface area contributed by atoms with E-state index in [0.717, 1.165) is 50.6 Å². The van der Waals surface area contributed by atoms with Crippen LogP contribution in [-0.2, 0) is 37.8 Å². The molecule has 0 aliphatic heterocycles. The summed E-state index contributed by atoms with van der Waals surface area (Å²) in [7, 11) is 1.99. The van der Waals surface area contributed by atoms with Gasteiger partial charge in [-0.15, -0.1) is 0 Å². The van der Waals surface area contributed by atoms with E-state index in [1.54, 1.807) is 12.3 Å². The average molecular weight is 355 g/mol. The Morgan fingerprint density at radius 2 is 2.08 bits per heavy atom. The summed E-state index contributed by atoms with van der Waals surface area (Å²) >= 11 is 0. The molecule has 1 saturated carbocycles. The number of fused-ring (bicyclic) bond motifs is 1. The van der Waals surface area contributed by atoms with E-state index in [9.17, 15) is 9.59 Å². The highest BCUT2D eigenvalue weighted by atomic mass is 16.2. The summed E-state index contributed by atoms with van der Waals surface area (Å²) in [5.41, 5.74) is 3.40. The molecular weight excluding hydrogens is 330 g/mol. The van der Waals surface area contributed by atoms with Gasteiger partial charge in [0, 0.05) is 31.0 Å². The number of carbonyl (C=O) groups excluding carboxylic acids is 1. The van der Waals surface area contributed by atoms with Crippen molar-refractivity contribution in [2.24, 2.45) is 7.05 Å². The van der Waals surface area contributed by atoms with E-state index < -0.39 is 0 Å². The molecule has 26 heavy (non-hydrogen) atoms. The number of amides is 1. The Morgan fingerprint density at radius 3 is 2.85 bits per heavy atom. The molecular formula is C19H25N5O2. The standard InChI is InChI=1S/C19H25N5O2/c1-22-17-9-4-8-15(17)16(21-22)12-23(14-6-2-3-7-14)19(26)13-24-18(25)10-5-11-20-24/h5,10-11,14H,2-4,6-9,12-13H2,1H3. The lowest BCUT2D eigenvalue weighted by molar-refractivity contribution is -0.135. The molecule has 0 radical (unpaired) electrons. The Hall–Kier alpha value is -2.44. The van der Waals surface area contributed by atoms with Crippen LogP contribution in [0.25, 0.3) is 0 Å². The Bertz CT molecular complexity index is 863. The molecule has 7 nitrogen and oxygen atoms in total. The van der Waals surface area contributed by atoms with E-state index in [4.69, 9.17) is 0 Å². The first kappa shape index (κ1) is 17.0. The second kappa shape index (κ2) is 7.05. The molecule has 2 aromatic heterocycles. The molecule has 0 spiro atoms. The molecule has 138 valence electrons. The predicted molar refractivity (Wildman–Crippen MR) is 96.5 cm³/mol. The number of rotatable bonds is 5. The van der Waals surface area contributed by atoms with Crippen LogP contribution >= 0.6 is 0 Å². The number of nitrogens with zero attached hydrogens (tertiary/aromatic N) is 5. The van der Waals surface area contributed by atoms with E-state index in [1.165, 1.54) is 22.0 Å². The van der Waals surface area contributed by atoms with Crippen LogP contribution < -0.4 is 5.56 Å². The van der Waals surface area contributed by atoms with Crippen LogP contribution in [0.4, 0.5) is 0 Å². The quantitative estimate of drug-likeness (QED) is 0.813. The maximum Gasteiger partial charge on any atom is 0.267 e. The molecule has 0 aromatic carbocycles. The van der Waals surface area contributed by atoms with Gasteiger partial charge >= 0.3 is 0 Å². The van der Waals surface area contributed by atoms with Crippen molar-refractivity contribution in [3.63, 3.8) is 0 Å². The van der Waals surface area contributed by atoms with Gasteiger partial charge in [0.1, 0.15) is 6.54 Å². The molecule has 1 fully saturated rings. The van der Waals surface area contributed by atoms with Gasteiger partial charge in [0.25, 0.3) is 5.56 Å². The normalized spacial score (nSPS) is 16.8. The Balaban J connectivity index is 1.58.